The summed E-state index contributed by atoms with van der Waals surface area (Å²) < 4.78 is 7.32. The molecule has 5 heteroatoms. The van der Waals surface area contributed by atoms with E-state index in [1.807, 2.05) is 12.1 Å². The fourth-order valence-electron chi connectivity index (χ4n) is 1.46. The zero-order valence-corrected chi connectivity index (χ0v) is 11.6. The molecule has 0 aliphatic rings. The van der Waals surface area contributed by atoms with Gasteiger partial charge in [-0.25, -0.2) is 4.98 Å². The first-order valence-corrected chi connectivity index (χ1v) is 6.61. The number of thiazole rings is 1. The summed E-state index contributed by atoms with van der Waals surface area (Å²) in [5, 5.41) is 4.26. The second-order valence-corrected chi connectivity index (χ2v) is 5.58. The summed E-state index contributed by atoms with van der Waals surface area (Å²) in [6.45, 7) is 2.76. The number of nitrogens with zero attached hydrogens (tertiary/aromatic N) is 1. The van der Waals surface area contributed by atoms with E-state index in [0.29, 0.717) is 6.61 Å². The topological polar surface area (TPSA) is 34.1 Å². The van der Waals surface area contributed by atoms with E-state index >= 15 is 0 Å². The lowest BCUT2D eigenvalue weighted by Crippen LogP contribution is -2.20. The number of ether oxygens (including phenoxy) is 1. The number of nitrogens with one attached hydrogen (secondary N) is 1. The lowest BCUT2D eigenvalue weighted by Gasteiger charge is -2.10. The van der Waals surface area contributed by atoms with Crippen molar-refractivity contribution in [3.63, 3.8) is 0 Å². The Morgan fingerprint density at radius 1 is 1.56 bits per heavy atom. The van der Waals surface area contributed by atoms with E-state index in [1.165, 1.54) is 4.70 Å². The van der Waals surface area contributed by atoms with E-state index in [4.69, 9.17) is 4.74 Å². The fraction of sp³-hybridized carbons (Fsp3) is 0.364. The van der Waals surface area contributed by atoms with Gasteiger partial charge in [-0.3, -0.25) is 0 Å². The van der Waals surface area contributed by atoms with Crippen LogP contribution >= 0.6 is 27.3 Å². The number of rotatable bonds is 4. The van der Waals surface area contributed by atoms with E-state index in [1.54, 1.807) is 18.4 Å². The molecule has 1 heterocycles. The highest BCUT2D eigenvalue weighted by atomic mass is 79.9. The van der Waals surface area contributed by atoms with Crippen LogP contribution in [-0.2, 0) is 4.74 Å². The molecule has 0 aliphatic heterocycles. The number of fused-ring (bicyclic) bond motifs is 1. The first kappa shape index (κ1) is 11.8. The number of methoxy groups -OCH3 is 1. The summed E-state index contributed by atoms with van der Waals surface area (Å²) >= 11 is 5.10. The molecule has 0 amide bonds. The zero-order chi connectivity index (χ0) is 11.5. The Kier molecular flexibility index (Phi) is 3.78. The van der Waals surface area contributed by atoms with E-state index < -0.39 is 0 Å². The van der Waals surface area contributed by atoms with E-state index in [0.717, 1.165) is 15.1 Å². The number of hydrogen-bond acceptors (Lipinski definition) is 4. The predicted octanol–water partition coefficient (Wildman–Crippen LogP) is 3.51. The molecule has 2 aromatic rings. The molecular weight excluding hydrogens is 288 g/mol. The minimum absolute atomic E-state index is 0.272. The summed E-state index contributed by atoms with van der Waals surface area (Å²) in [5.74, 6) is 0. The van der Waals surface area contributed by atoms with Gasteiger partial charge in [0.05, 0.1) is 16.8 Å². The fourth-order valence-corrected chi connectivity index (χ4v) is 2.77. The molecule has 1 N–H and O–H groups in total. The maximum atomic E-state index is 5.08. The van der Waals surface area contributed by atoms with Gasteiger partial charge in [0, 0.05) is 17.6 Å². The van der Waals surface area contributed by atoms with Crippen LogP contribution in [0.15, 0.2) is 22.7 Å². The van der Waals surface area contributed by atoms with Crippen LogP contribution in [0.25, 0.3) is 10.2 Å². The lowest BCUT2D eigenvalue weighted by atomic mass is 10.3. The molecule has 0 aliphatic carbocycles. The Labute approximate surface area is 107 Å². The van der Waals surface area contributed by atoms with Crippen LogP contribution in [0.1, 0.15) is 6.92 Å². The average molecular weight is 301 g/mol. The smallest absolute Gasteiger partial charge is 0.184 e. The van der Waals surface area contributed by atoms with Crippen molar-refractivity contribution in [3.05, 3.63) is 22.7 Å². The third-order valence-electron chi connectivity index (χ3n) is 2.14. The van der Waals surface area contributed by atoms with Gasteiger partial charge in [0.25, 0.3) is 0 Å². The van der Waals surface area contributed by atoms with Crippen molar-refractivity contribution in [3.8, 4) is 0 Å². The highest BCUT2D eigenvalue weighted by Crippen LogP contribution is 2.28. The highest BCUT2D eigenvalue weighted by Gasteiger charge is 2.07. The van der Waals surface area contributed by atoms with Gasteiger partial charge in [-0.05, 0) is 25.1 Å². The van der Waals surface area contributed by atoms with E-state index in [9.17, 15) is 0 Å². The Morgan fingerprint density at radius 2 is 2.38 bits per heavy atom. The van der Waals surface area contributed by atoms with Crippen molar-refractivity contribution in [1.82, 2.24) is 4.98 Å². The second-order valence-electron chi connectivity index (χ2n) is 3.63. The quantitative estimate of drug-likeness (QED) is 0.938. The molecule has 0 radical (unpaired) electrons. The van der Waals surface area contributed by atoms with Crippen LogP contribution in [0.4, 0.5) is 5.13 Å². The molecule has 0 spiro atoms. The molecular formula is C11H13BrN2OS. The number of anilines is 1. The van der Waals surface area contributed by atoms with Gasteiger partial charge in [-0.2, -0.15) is 0 Å². The first-order valence-electron chi connectivity index (χ1n) is 5.00. The Balaban J connectivity index is 2.19. The van der Waals surface area contributed by atoms with E-state index in [2.05, 4.69) is 39.2 Å². The molecule has 0 fully saturated rings. The number of halogens is 1. The summed E-state index contributed by atoms with van der Waals surface area (Å²) in [6, 6.07) is 6.40. The molecule has 0 saturated carbocycles. The van der Waals surface area contributed by atoms with Gasteiger partial charge in [0.1, 0.15) is 0 Å². The maximum absolute atomic E-state index is 5.08. The van der Waals surface area contributed by atoms with Crippen LogP contribution in [0, 0.1) is 0 Å². The van der Waals surface area contributed by atoms with E-state index in [-0.39, 0.29) is 6.04 Å². The summed E-state index contributed by atoms with van der Waals surface area (Å²) in [6.07, 6.45) is 0. The molecule has 0 saturated heterocycles. The second kappa shape index (κ2) is 5.12. The molecule has 2 rings (SSSR count). The van der Waals surface area contributed by atoms with Gasteiger partial charge < -0.3 is 10.1 Å². The standard InChI is InChI=1S/C11H13BrN2OS/c1-7(6-15-2)13-11-14-9-5-8(12)3-4-10(9)16-11/h3-5,7H,6H2,1-2H3,(H,13,14). The minimum Gasteiger partial charge on any atom is -0.383 e. The summed E-state index contributed by atoms with van der Waals surface area (Å²) in [7, 11) is 1.70. The predicted molar refractivity (Wildman–Crippen MR) is 72.3 cm³/mol. The Morgan fingerprint density at radius 3 is 3.12 bits per heavy atom. The molecule has 0 bridgehead atoms. The highest BCUT2D eigenvalue weighted by molar-refractivity contribution is 9.10. The molecule has 86 valence electrons. The molecule has 16 heavy (non-hydrogen) atoms. The zero-order valence-electron chi connectivity index (χ0n) is 9.16. The van der Waals surface area contributed by atoms with Crippen LogP contribution < -0.4 is 5.32 Å². The number of benzene rings is 1. The van der Waals surface area contributed by atoms with Crippen molar-refractivity contribution < 1.29 is 4.74 Å². The first-order chi connectivity index (χ1) is 7.69. The van der Waals surface area contributed by atoms with Gasteiger partial charge in [0.15, 0.2) is 5.13 Å². The van der Waals surface area contributed by atoms with Crippen molar-refractivity contribution in [2.75, 3.05) is 19.0 Å². The normalized spacial score (nSPS) is 12.9. The van der Waals surface area contributed by atoms with Gasteiger partial charge in [0.2, 0.25) is 0 Å². The van der Waals surface area contributed by atoms with Crippen LogP contribution in [0.5, 0.6) is 0 Å². The van der Waals surface area contributed by atoms with Gasteiger partial charge in [-0.1, -0.05) is 27.3 Å². The molecule has 1 aromatic heterocycles. The molecule has 3 nitrogen and oxygen atoms in total. The Bertz CT molecular complexity index is 486. The largest absolute Gasteiger partial charge is 0.383 e. The van der Waals surface area contributed by atoms with Crippen molar-refractivity contribution in [1.29, 1.82) is 0 Å². The molecule has 1 unspecified atom stereocenters. The third-order valence-corrected chi connectivity index (χ3v) is 3.60. The maximum Gasteiger partial charge on any atom is 0.184 e. The number of aromatic nitrogens is 1. The van der Waals surface area contributed by atoms with Crippen LogP contribution in [-0.4, -0.2) is 24.7 Å². The molecule has 1 aromatic carbocycles. The van der Waals surface area contributed by atoms with Crippen molar-refractivity contribution >= 4 is 42.6 Å². The monoisotopic (exact) mass is 300 g/mol. The van der Waals surface area contributed by atoms with Crippen LogP contribution in [0.3, 0.4) is 0 Å². The van der Waals surface area contributed by atoms with Crippen LogP contribution in [0.2, 0.25) is 0 Å². The van der Waals surface area contributed by atoms with Gasteiger partial charge in [-0.15, -0.1) is 0 Å². The molecule has 1 atom stereocenters. The Hall–Kier alpha value is -0.650. The van der Waals surface area contributed by atoms with Crippen molar-refractivity contribution in [2.24, 2.45) is 0 Å². The van der Waals surface area contributed by atoms with Crippen molar-refractivity contribution in [2.45, 2.75) is 13.0 Å². The number of hydrogen-bond donors (Lipinski definition) is 1. The third kappa shape index (κ3) is 2.72. The average Bonchev–Trinajstić information content (AvgIpc) is 2.59. The minimum atomic E-state index is 0.272. The summed E-state index contributed by atoms with van der Waals surface area (Å²) in [4.78, 5) is 4.52. The van der Waals surface area contributed by atoms with Gasteiger partial charge >= 0.3 is 0 Å². The SMILES string of the molecule is COCC(C)Nc1nc2cc(Br)ccc2s1. The lowest BCUT2D eigenvalue weighted by molar-refractivity contribution is 0.190. The summed E-state index contributed by atoms with van der Waals surface area (Å²) in [5.41, 5.74) is 1.02.